The van der Waals surface area contributed by atoms with Crippen LogP contribution in [0.4, 0.5) is 4.79 Å². The van der Waals surface area contributed by atoms with Gasteiger partial charge < -0.3 is 9.80 Å². The lowest BCUT2D eigenvalue weighted by atomic mass is 10.4. The van der Waals surface area contributed by atoms with Gasteiger partial charge in [0.05, 0.1) is 0 Å². The molecule has 1 heterocycles. The second kappa shape index (κ2) is 3.56. The van der Waals surface area contributed by atoms with E-state index in [0.29, 0.717) is 6.04 Å². The number of urea groups is 1. The molecular weight excluding hydrogens is 164 g/mol. The van der Waals surface area contributed by atoms with Crippen molar-refractivity contribution in [3.63, 3.8) is 0 Å². The third kappa shape index (κ3) is 1.79. The topological polar surface area (TPSA) is 23.6 Å². The van der Waals surface area contributed by atoms with Gasteiger partial charge in [0.2, 0.25) is 0 Å². The smallest absolute Gasteiger partial charge is 0.320 e. The molecule has 0 aromatic carbocycles. The van der Waals surface area contributed by atoms with Crippen molar-refractivity contribution < 1.29 is 4.79 Å². The van der Waals surface area contributed by atoms with Crippen LogP contribution in [0.25, 0.3) is 0 Å². The van der Waals surface area contributed by atoms with Crippen LogP contribution in [0.3, 0.4) is 0 Å². The summed E-state index contributed by atoms with van der Waals surface area (Å²) < 4.78 is 0. The van der Waals surface area contributed by atoms with Gasteiger partial charge in [-0.3, -0.25) is 0 Å². The Labute approximate surface area is 79.7 Å². The maximum Gasteiger partial charge on any atom is 0.320 e. The molecule has 0 atom stereocenters. The number of likely N-dealkylation sites (tertiary alicyclic amines) is 1. The van der Waals surface area contributed by atoms with Gasteiger partial charge in [0.15, 0.2) is 0 Å². The van der Waals surface area contributed by atoms with Crippen molar-refractivity contribution >= 4 is 6.03 Å². The maximum atomic E-state index is 11.9. The van der Waals surface area contributed by atoms with Crippen LogP contribution in [0.1, 0.15) is 32.6 Å². The van der Waals surface area contributed by atoms with E-state index >= 15 is 0 Å². The first-order chi connectivity index (χ1) is 6.33. The Bertz CT molecular complexity index is 195. The molecule has 2 aliphatic rings. The summed E-state index contributed by atoms with van der Waals surface area (Å²) in [6.45, 7) is 4.90. The van der Waals surface area contributed by atoms with E-state index in [-0.39, 0.29) is 6.03 Å². The Hall–Kier alpha value is -0.730. The zero-order valence-electron chi connectivity index (χ0n) is 8.33. The molecule has 0 spiro atoms. The zero-order valence-corrected chi connectivity index (χ0v) is 8.33. The Balaban J connectivity index is 1.92. The molecule has 2 rings (SSSR count). The normalized spacial score (nSPS) is 22.1. The highest BCUT2D eigenvalue weighted by molar-refractivity contribution is 5.75. The zero-order chi connectivity index (χ0) is 9.26. The molecule has 0 aromatic rings. The number of nitrogens with zero attached hydrogens (tertiary/aromatic N) is 2. The summed E-state index contributed by atoms with van der Waals surface area (Å²) in [5.41, 5.74) is 0. The van der Waals surface area contributed by atoms with Crippen molar-refractivity contribution in [2.45, 2.75) is 38.6 Å². The number of carbonyl (C=O) groups excluding carboxylic acids is 1. The minimum atomic E-state index is 0.280. The molecule has 3 heteroatoms. The monoisotopic (exact) mass is 182 g/mol. The van der Waals surface area contributed by atoms with Gasteiger partial charge in [-0.15, -0.1) is 0 Å². The summed E-state index contributed by atoms with van der Waals surface area (Å²) in [6, 6.07) is 0.848. The maximum absolute atomic E-state index is 11.9. The molecule has 1 aliphatic heterocycles. The highest BCUT2D eigenvalue weighted by Crippen LogP contribution is 2.28. The van der Waals surface area contributed by atoms with Crippen LogP contribution in [0.2, 0.25) is 0 Å². The Morgan fingerprint density at radius 3 is 2.46 bits per heavy atom. The summed E-state index contributed by atoms with van der Waals surface area (Å²) in [5, 5.41) is 0. The Morgan fingerprint density at radius 2 is 2.00 bits per heavy atom. The molecule has 74 valence electrons. The first-order valence-electron chi connectivity index (χ1n) is 5.38. The molecule has 2 fully saturated rings. The third-order valence-corrected chi connectivity index (χ3v) is 2.95. The van der Waals surface area contributed by atoms with Crippen molar-refractivity contribution in [1.82, 2.24) is 9.80 Å². The molecule has 0 radical (unpaired) electrons. The van der Waals surface area contributed by atoms with Gasteiger partial charge >= 0.3 is 6.03 Å². The van der Waals surface area contributed by atoms with Crippen molar-refractivity contribution in [1.29, 1.82) is 0 Å². The van der Waals surface area contributed by atoms with E-state index < -0.39 is 0 Å². The number of rotatable bonds is 2. The number of carbonyl (C=O) groups is 1. The quantitative estimate of drug-likeness (QED) is 0.637. The van der Waals surface area contributed by atoms with E-state index in [2.05, 4.69) is 6.92 Å². The van der Waals surface area contributed by atoms with Crippen LogP contribution >= 0.6 is 0 Å². The van der Waals surface area contributed by atoms with E-state index in [4.69, 9.17) is 0 Å². The molecule has 0 N–H and O–H groups in total. The van der Waals surface area contributed by atoms with E-state index in [1.807, 2.05) is 9.80 Å². The van der Waals surface area contributed by atoms with Gasteiger partial charge in [0, 0.05) is 25.7 Å². The molecule has 1 saturated heterocycles. The van der Waals surface area contributed by atoms with Gasteiger partial charge in [-0.2, -0.15) is 0 Å². The van der Waals surface area contributed by atoms with Crippen LogP contribution in [0, 0.1) is 0 Å². The van der Waals surface area contributed by atoms with Crippen molar-refractivity contribution in [2.24, 2.45) is 0 Å². The van der Waals surface area contributed by atoms with E-state index in [1.54, 1.807) is 0 Å². The highest BCUT2D eigenvalue weighted by atomic mass is 16.2. The van der Waals surface area contributed by atoms with Crippen LogP contribution in [-0.4, -0.2) is 41.5 Å². The van der Waals surface area contributed by atoms with Crippen LogP contribution in [0.15, 0.2) is 0 Å². The molecule has 1 saturated carbocycles. The average molecular weight is 182 g/mol. The predicted octanol–water partition coefficient (Wildman–Crippen LogP) is 1.69. The molecule has 3 nitrogen and oxygen atoms in total. The molecule has 13 heavy (non-hydrogen) atoms. The highest BCUT2D eigenvalue weighted by Gasteiger charge is 2.34. The lowest BCUT2D eigenvalue weighted by molar-refractivity contribution is 0.162. The fraction of sp³-hybridized carbons (Fsp3) is 0.900. The van der Waals surface area contributed by atoms with Crippen LogP contribution in [-0.2, 0) is 0 Å². The van der Waals surface area contributed by atoms with Crippen molar-refractivity contribution in [2.75, 3.05) is 19.6 Å². The number of hydrogen-bond acceptors (Lipinski definition) is 1. The van der Waals surface area contributed by atoms with Crippen LogP contribution in [0.5, 0.6) is 0 Å². The average Bonchev–Trinajstić information content (AvgIpc) is 2.83. The van der Waals surface area contributed by atoms with Crippen molar-refractivity contribution in [3.05, 3.63) is 0 Å². The van der Waals surface area contributed by atoms with Gasteiger partial charge in [0.1, 0.15) is 0 Å². The largest absolute Gasteiger partial charge is 0.325 e. The lowest BCUT2D eigenvalue weighted by Crippen LogP contribution is -2.42. The number of amides is 2. The molecule has 2 amide bonds. The lowest BCUT2D eigenvalue weighted by Gasteiger charge is -2.26. The van der Waals surface area contributed by atoms with E-state index in [0.717, 1.165) is 19.6 Å². The summed E-state index contributed by atoms with van der Waals surface area (Å²) in [4.78, 5) is 15.9. The van der Waals surface area contributed by atoms with E-state index in [1.165, 1.54) is 25.7 Å². The first-order valence-corrected chi connectivity index (χ1v) is 5.38. The third-order valence-electron chi connectivity index (χ3n) is 2.95. The molecule has 0 bridgehead atoms. The van der Waals surface area contributed by atoms with Gasteiger partial charge in [-0.05, 0) is 32.6 Å². The molecule has 1 aliphatic carbocycles. The fourth-order valence-corrected chi connectivity index (χ4v) is 2.03. The van der Waals surface area contributed by atoms with Gasteiger partial charge in [0.25, 0.3) is 0 Å². The SMILES string of the molecule is CCN(C(=O)N1CCCC1)C1CC1. The Morgan fingerprint density at radius 1 is 1.38 bits per heavy atom. The first kappa shape index (κ1) is 8.85. The molecule has 0 unspecified atom stereocenters. The minimum absolute atomic E-state index is 0.280. The Kier molecular flexibility index (Phi) is 2.42. The molecular formula is C10H18N2O. The standard InChI is InChI=1S/C10H18N2O/c1-2-12(9-5-6-9)10(13)11-7-3-4-8-11/h9H,2-8H2,1H3. The summed E-state index contributed by atoms with van der Waals surface area (Å²) in [5.74, 6) is 0. The second-order valence-corrected chi connectivity index (χ2v) is 3.99. The van der Waals surface area contributed by atoms with Gasteiger partial charge in [-0.25, -0.2) is 4.79 Å². The summed E-state index contributed by atoms with van der Waals surface area (Å²) >= 11 is 0. The second-order valence-electron chi connectivity index (χ2n) is 3.99. The van der Waals surface area contributed by atoms with Crippen LogP contribution < -0.4 is 0 Å². The predicted molar refractivity (Wildman–Crippen MR) is 51.6 cm³/mol. The number of hydrogen-bond donors (Lipinski definition) is 0. The fourth-order valence-electron chi connectivity index (χ4n) is 2.03. The summed E-state index contributed by atoms with van der Waals surface area (Å²) in [7, 11) is 0. The summed E-state index contributed by atoms with van der Waals surface area (Å²) in [6.07, 6.45) is 4.81. The van der Waals surface area contributed by atoms with Crippen molar-refractivity contribution in [3.8, 4) is 0 Å². The van der Waals surface area contributed by atoms with Gasteiger partial charge in [-0.1, -0.05) is 0 Å². The van der Waals surface area contributed by atoms with E-state index in [9.17, 15) is 4.79 Å². The minimum Gasteiger partial charge on any atom is -0.325 e. The molecule has 0 aromatic heterocycles.